The SMILES string of the molecule is FCCOc1cccc(C#CCCl)c1. The molecule has 0 heterocycles. The van der Waals surface area contributed by atoms with Crippen molar-refractivity contribution < 1.29 is 9.13 Å². The van der Waals surface area contributed by atoms with Gasteiger partial charge < -0.3 is 4.74 Å². The van der Waals surface area contributed by atoms with Crippen LogP contribution in [0.2, 0.25) is 0 Å². The van der Waals surface area contributed by atoms with Crippen LogP contribution >= 0.6 is 11.6 Å². The summed E-state index contributed by atoms with van der Waals surface area (Å²) in [6.07, 6.45) is 0. The topological polar surface area (TPSA) is 9.23 Å². The molecule has 0 saturated carbocycles. The lowest BCUT2D eigenvalue weighted by Crippen LogP contribution is -1.98. The summed E-state index contributed by atoms with van der Waals surface area (Å²) in [5.74, 6) is 6.52. The molecule has 0 bridgehead atoms. The van der Waals surface area contributed by atoms with Gasteiger partial charge >= 0.3 is 0 Å². The van der Waals surface area contributed by atoms with E-state index in [1.165, 1.54) is 0 Å². The van der Waals surface area contributed by atoms with Gasteiger partial charge in [0, 0.05) is 5.56 Å². The first-order chi connectivity index (χ1) is 6.86. The molecule has 74 valence electrons. The van der Waals surface area contributed by atoms with Crippen LogP contribution in [-0.4, -0.2) is 19.2 Å². The van der Waals surface area contributed by atoms with Gasteiger partial charge in [0.05, 0.1) is 5.88 Å². The van der Waals surface area contributed by atoms with E-state index in [1.807, 2.05) is 12.1 Å². The molecule has 0 atom stereocenters. The molecule has 1 nitrogen and oxygen atoms in total. The maximum absolute atomic E-state index is 11.8. The van der Waals surface area contributed by atoms with Crippen molar-refractivity contribution in [2.24, 2.45) is 0 Å². The van der Waals surface area contributed by atoms with E-state index in [1.54, 1.807) is 12.1 Å². The second kappa shape index (κ2) is 6.28. The van der Waals surface area contributed by atoms with Crippen molar-refractivity contribution in [3.63, 3.8) is 0 Å². The minimum Gasteiger partial charge on any atom is -0.491 e. The Morgan fingerprint density at radius 2 is 2.29 bits per heavy atom. The molecule has 1 rings (SSSR count). The Bertz CT molecular complexity index is 341. The van der Waals surface area contributed by atoms with Crippen LogP contribution in [-0.2, 0) is 0 Å². The average Bonchev–Trinajstić information content (AvgIpc) is 2.24. The lowest BCUT2D eigenvalue weighted by atomic mass is 10.2. The molecular formula is C11H10ClFO. The maximum Gasteiger partial charge on any atom is 0.123 e. The smallest absolute Gasteiger partial charge is 0.123 e. The molecule has 0 aliphatic rings. The summed E-state index contributed by atoms with van der Waals surface area (Å²) < 4.78 is 16.9. The number of ether oxygens (including phenoxy) is 1. The monoisotopic (exact) mass is 212 g/mol. The summed E-state index contributed by atoms with van der Waals surface area (Å²) in [4.78, 5) is 0. The van der Waals surface area contributed by atoms with E-state index in [0.29, 0.717) is 11.6 Å². The summed E-state index contributed by atoms with van der Waals surface area (Å²) in [7, 11) is 0. The first kappa shape index (κ1) is 10.9. The molecule has 0 aromatic heterocycles. The number of benzene rings is 1. The van der Waals surface area contributed by atoms with Gasteiger partial charge in [0.15, 0.2) is 0 Å². The van der Waals surface area contributed by atoms with Gasteiger partial charge in [0.1, 0.15) is 19.0 Å². The van der Waals surface area contributed by atoms with E-state index < -0.39 is 6.67 Å². The molecule has 0 unspecified atom stereocenters. The highest BCUT2D eigenvalue weighted by Gasteiger charge is 1.93. The predicted molar refractivity (Wildman–Crippen MR) is 55.5 cm³/mol. The fraction of sp³-hybridized carbons (Fsp3) is 0.273. The van der Waals surface area contributed by atoms with Crippen molar-refractivity contribution in [1.82, 2.24) is 0 Å². The highest BCUT2D eigenvalue weighted by atomic mass is 35.5. The third-order valence-corrected chi connectivity index (χ3v) is 1.61. The van der Waals surface area contributed by atoms with Gasteiger partial charge in [-0.25, -0.2) is 4.39 Å². The number of alkyl halides is 2. The van der Waals surface area contributed by atoms with Crippen LogP contribution in [0.25, 0.3) is 0 Å². The van der Waals surface area contributed by atoms with Crippen LogP contribution < -0.4 is 4.74 Å². The second-order valence-electron chi connectivity index (χ2n) is 2.50. The lowest BCUT2D eigenvalue weighted by Gasteiger charge is -2.02. The van der Waals surface area contributed by atoms with Crippen LogP contribution in [0, 0.1) is 11.8 Å². The molecule has 0 N–H and O–H groups in total. The zero-order chi connectivity index (χ0) is 10.2. The predicted octanol–water partition coefficient (Wildman–Crippen LogP) is 2.63. The third kappa shape index (κ3) is 3.68. The maximum atomic E-state index is 11.8. The molecule has 0 fully saturated rings. The first-order valence-corrected chi connectivity index (χ1v) is 4.74. The molecule has 1 aromatic rings. The fourth-order valence-corrected chi connectivity index (χ4v) is 1.02. The number of rotatable bonds is 3. The molecule has 0 aliphatic heterocycles. The highest BCUT2D eigenvalue weighted by Crippen LogP contribution is 2.12. The fourth-order valence-electron chi connectivity index (χ4n) is 0.956. The normalized spacial score (nSPS) is 9.00. The second-order valence-corrected chi connectivity index (χ2v) is 2.77. The Kier molecular flexibility index (Phi) is 4.88. The first-order valence-electron chi connectivity index (χ1n) is 4.20. The molecule has 14 heavy (non-hydrogen) atoms. The lowest BCUT2D eigenvalue weighted by molar-refractivity contribution is 0.273. The molecule has 0 radical (unpaired) electrons. The van der Waals surface area contributed by atoms with E-state index in [9.17, 15) is 4.39 Å². The van der Waals surface area contributed by atoms with Gasteiger partial charge in [-0.2, -0.15) is 0 Å². The molecular weight excluding hydrogens is 203 g/mol. The molecule has 0 aliphatic carbocycles. The molecule has 0 saturated heterocycles. The van der Waals surface area contributed by atoms with Crippen molar-refractivity contribution >= 4 is 11.6 Å². The standard InChI is InChI=1S/C11H10ClFO/c12-6-2-4-10-3-1-5-11(9-10)14-8-7-13/h1,3,5,9H,6-8H2. The Balaban J connectivity index is 2.68. The van der Waals surface area contributed by atoms with Gasteiger partial charge in [-0.05, 0) is 18.2 Å². The van der Waals surface area contributed by atoms with E-state index in [4.69, 9.17) is 16.3 Å². The quantitative estimate of drug-likeness (QED) is 0.553. The van der Waals surface area contributed by atoms with Crippen molar-refractivity contribution in [3.05, 3.63) is 29.8 Å². The highest BCUT2D eigenvalue weighted by molar-refractivity contribution is 6.19. The Labute approximate surface area is 87.8 Å². The van der Waals surface area contributed by atoms with Gasteiger partial charge in [-0.15, -0.1) is 11.6 Å². The largest absolute Gasteiger partial charge is 0.491 e. The summed E-state index contributed by atoms with van der Waals surface area (Å²) in [5.41, 5.74) is 0.821. The van der Waals surface area contributed by atoms with Crippen molar-refractivity contribution in [3.8, 4) is 17.6 Å². The van der Waals surface area contributed by atoms with E-state index in [0.717, 1.165) is 5.56 Å². The number of hydrogen-bond donors (Lipinski definition) is 0. The van der Waals surface area contributed by atoms with Crippen LogP contribution in [0.1, 0.15) is 5.56 Å². The summed E-state index contributed by atoms with van der Waals surface area (Å²) in [6.45, 7) is -0.413. The zero-order valence-electron chi connectivity index (χ0n) is 7.59. The third-order valence-electron chi connectivity index (χ3n) is 1.48. The van der Waals surface area contributed by atoms with Crippen molar-refractivity contribution in [1.29, 1.82) is 0 Å². The molecule has 1 aromatic carbocycles. The Hall–Kier alpha value is -1.20. The van der Waals surface area contributed by atoms with Crippen molar-refractivity contribution in [2.45, 2.75) is 0 Å². The van der Waals surface area contributed by atoms with Crippen LogP contribution in [0.3, 0.4) is 0 Å². The van der Waals surface area contributed by atoms with Gasteiger partial charge in [-0.1, -0.05) is 17.9 Å². The van der Waals surface area contributed by atoms with Crippen molar-refractivity contribution in [2.75, 3.05) is 19.2 Å². The minimum absolute atomic E-state index is 0.0758. The average molecular weight is 213 g/mol. The number of hydrogen-bond acceptors (Lipinski definition) is 1. The van der Waals surface area contributed by atoms with E-state index in [2.05, 4.69) is 11.8 Å². The summed E-state index contributed by atoms with van der Waals surface area (Å²) >= 11 is 5.42. The zero-order valence-corrected chi connectivity index (χ0v) is 8.35. The molecule has 0 spiro atoms. The van der Waals surface area contributed by atoms with E-state index in [-0.39, 0.29) is 6.61 Å². The van der Waals surface area contributed by atoms with Gasteiger partial charge in [-0.3, -0.25) is 0 Å². The number of halogens is 2. The Morgan fingerprint density at radius 1 is 1.43 bits per heavy atom. The Morgan fingerprint density at radius 3 is 3.00 bits per heavy atom. The summed E-state index contributed by atoms with van der Waals surface area (Å²) in [5, 5.41) is 0. The molecule has 0 amide bonds. The van der Waals surface area contributed by atoms with Crippen LogP contribution in [0.5, 0.6) is 5.75 Å². The van der Waals surface area contributed by atoms with Gasteiger partial charge in [0.25, 0.3) is 0 Å². The van der Waals surface area contributed by atoms with E-state index >= 15 is 0 Å². The minimum atomic E-state index is -0.489. The van der Waals surface area contributed by atoms with Crippen LogP contribution in [0.4, 0.5) is 4.39 Å². The summed E-state index contributed by atoms with van der Waals surface area (Å²) in [6, 6.07) is 7.18. The van der Waals surface area contributed by atoms with Gasteiger partial charge in [0.2, 0.25) is 0 Å². The van der Waals surface area contributed by atoms with Crippen LogP contribution in [0.15, 0.2) is 24.3 Å². The molecule has 3 heteroatoms.